The number of amides is 1. The van der Waals surface area contributed by atoms with Gasteiger partial charge in [0.25, 0.3) is 5.91 Å². The molecule has 0 saturated heterocycles. The number of aromatic nitrogens is 1. The Kier molecular flexibility index (Phi) is 7.57. The third-order valence-corrected chi connectivity index (χ3v) is 6.05. The zero-order valence-electron chi connectivity index (χ0n) is 20.7. The highest BCUT2D eigenvalue weighted by molar-refractivity contribution is 6.05. The van der Waals surface area contributed by atoms with E-state index >= 15 is 0 Å². The number of carbonyl (C=O) groups is 2. The van der Waals surface area contributed by atoms with Crippen LogP contribution in [0.5, 0.6) is 5.75 Å². The standard InChI is InChI=1S/C29H25F3N2O4/c1-18-15-24(19(2)34(18)26-12-4-3-11-25(26)29(30,31)32)27(35)33-22-9-6-10-23(17-22)38-14-13-20-7-5-8-21(16-20)28(36)37/h3-12,15-17H,13-14H2,1-2H3,(H,33,35)(H,36,37). The van der Waals surface area contributed by atoms with E-state index in [2.05, 4.69) is 5.32 Å². The summed E-state index contributed by atoms with van der Waals surface area (Å²) < 4.78 is 48.0. The Morgan fingerprint density at radius 3 is 2.42 bits per heavy atom. The molecule has 196 valence electrons. The summed E-state index contributed by atoms with van der Waals surface area (Å²) in [6, 6.07) is 20.2. The minimum Gasteiger partial charge on any atom is -0.493 e. The van der Waals surface area contributed by atoms with Gasteiger partial charge in [-0.15, -0.1) is 0 Å². The third-order valence-electron chi connectivity index (χ3n) is 6.05. The van der Waals surface area contributed by atoms with Crippen LogP contribution >= 0.6 is 0 Å². The van der Waals surface area contributed by atoms with Crippen molar-refractivity contribution in [2.24, 2.45) is 0 Å². The van der Waals surface area contributed by atoms with Crippen LogP contribution in [0.1, 0.15) is 43.2 Å². The first-order valence-electron chi connectivity index (χ1n) is 11.8. The second-order valence-corrected chi connectivity index (χ2v) is 8.72. The van der Waals surface area contributed by atoms with Gasteiger partial charge < -0.3 is 19.7 Å². The molecule has 0 atom stereocenters. The highest BCUT2D eigenvalue weighted by Crippen LogP contribution is 2.35. The summed E-state index contributed by atoms with van der Waals surface area (Å²) in [5, 5.41) is 11.9. The first-order chi connectivity index (χ1) is 18.0. The molecule has 9 heteroatoms. The maximum absolute atomic E-state index is 13.6. The minimum absolute atomic E-state index is 0.0432. The number of para-hydroxylation sites is 1. The smallest absolute Gasteiger partial charge is 0.418 e. The Bertz CT molecular complexity index is 1490. The van der Waals surface area contributed by atoms with E-state index in [9.17, 15) is 22.8 Å². The molecule has 2 N–H and O–H groups in total. The topological polar surface area (TPSA) is 80.6 Å². The lowest BCUT2D eigenvalue weighted by atomic mass is 10.1. The number of rotatable bonds is 8. The van der Waals surface area contributed by atoms with Crippen molar-refractivity contribution in [1.82, 2.24) is 4.57 Å². The number of halogens is 3. The fraction of sp³-hybridized carbons (Fsp3) is 0.172. The summed E-state index contributed by atoms with van der Waals surface area (Å²) in [5.41, 5.74) is 1.78. The van der Waals surface area contributed by atoms with E-state index in [1.165, 1.54) is 28.8 Å². The molecule has 0 radical (unpaired) electrons. The summed E-state index contributed by atoms with van der Waals surface area (Å²) in [7, 11) is 0. The largest absolute Gasteiger partial charge is 0.493 e. The average molecular weight is 523 g/mol. The van der Waals surface area contributed by atoms with Crippen molar-refractivity contribution in [2.75, 3.05) is 11.9 Å². The number of nitrogens with zero attached hydrogens (tertiary/aromatic N) is 1. The van der Waals surface area contributed by atoms with E-state index in [1.54, 1.807) is 56.3 Å². The number of hydrogen-bond acceptors (Lipinski definition) is 3. The molecule has 0 aliphatic rings. The fourth-order valence-corrected chi connectivity index (χ4v) is 4.28. The van der Waals surface area contributed by atoms with Crippen molar-refractivity contribution in [2.45, 2.75) is 26.4 Å². The SMILES string of the molecule is Cc1cc(C(=O)Nc2cccc(OCCc3cccc(C(=O)O)c3)c2)c(C)n1-c1ccccc1C(F)(F)F. The van der Waals surface area contributed by atoms with Crippen LogP contribution in [0, 0.1) is 13.8 Å². The predicted molar refractivity (Wildman–Crippen MR) is 137 cm³/mol. The Morgan fingerprint density at radius 1 is 0.947 bits per heavy atom. The van der Waals surface area contributed by atoms with Gasteiger partial charge in [0.05, 0.1) is 29.0 Å². The lowest BCUT2D eigenvalue weighted by Gasteiger charge is -2.17. The van der Waals surface area contributed by atoms with Gasteiger partial charge in [-0.25, -0.2) is 4.79 Å². The number of nitrogens with one attached hydrogen (secondary N) is 1. The molecule has 4 aromatic rings. The number of carboxylic acids is 1. The molecule has 3 aromatic carbocycles. The van der Waals surface area contributed by atoms with Gasteiger partial charge in [-0.05, 0) is 61.9 Å². The zero-order valence-corrected chi connectivity index (χ0v) is 20.7. The number of benzene rings is 3. The normalized spacial score (nSPS) is 11.3. The lowest BCUT2D eigenvalue weighted by Crippen LogP contribution is -2.15. The molecule has 4 rings (SSSR count). The second kappa shape index (κ2) is 10.8. The maximum Gasteiger partial charge on any atom is 0.418 e. The van der Waals surface area contributed by atoms with Crippen LogP contribution in [0.2, 0.25) is 0 Å². The van der Waals surface area contributed by atoms with Crippen molar-refractivity contribution in [3.8, 4) is 11.4 Å². The van der Waals surface area contributed by atoms with E-state index in [0.29, 0.717) is 35.9 Å². The van der Waals surface area contributed by atoms with Crippen molar-refractivity contribution >= 4 is 17.6 Å². The first-order valence-corrected chi connectivity index (χ1v) is 11.8. The summed E-state index contributed by atoms with van der Waals surface area (Å²) in [4.78, 5) is 24.2. The molecule has 0 aliphatic heterocycles. The van der Waals surface area contributed by atoms with Crippen LogP contribution in [-0.4, -0.2) is 28.2 Å². The molecule has 0 spiro atoms. The maximum atomic E-state index is 13.6. The molecule has 1 heterocycles. The van der Waals surface area contributed by atoms with Gasteiger partial charge in [0.15, 0.2) is 0 Å². The van der Waals surface area contributed by atoms with Crippen molar-refractivity contribution in [3.63, 3.8) is 0 Å². The van der Waals surface area contributed by atoms with E-state index in [4.69, 9.17) is 9.84 Å². The van der Waals surface area contributed by atoms with Crippen LogP contribution in [0.25, 0.3) is 5.69 Å². The van der Waals surface area contributed by atoms with Crippen LogP contribution in [0.3, 0.4) is 0 Å². The summed E-state index contributed by atoms with van der Waals surface area (Å²) in [6.45, 7) is 3.55. The second-order valence-electron chi connectivity index (χ2n) is 8.72. The minimum atomic E-state index is -4.54. The molecule has 6 nitrogen and oxygen atoms in total. The van der Waals surface area contributed by atoms with Gasteiger partial charge >= 0.3 is 12.1 Å². The number of ether oxygens (including phenoxy) is 1. The molecule has 0 aliphatic carbocycles. The van der Waals surface area contributed by atoms with Gasteiger partial charge in [-0.1, -0.05) is 30.3 Å². The van der Waals surface area contributed by atoms with Crippen molar-refractivity contribution < 1.29 is 32.6 Å². The van der Waals surface area contributed by atoms with Gasteiger partial charge in [-0.3, -0.25) is 4.79 Å². The summed E-state index contributed by atoms with van der Waals surface area (Å²) >= 11 is 0. The first kappa shape index (κ1) is 26.5. The molecule has 0 unspecified atom stereocenters. The highest BCUT2D eigenvalue weighted by Gasteiger charge is 2.34. The zero-order chi connectivity index (χ0) is 27.4. The molecule has 38 heavy (non-hydrogen) atoms. The summed E-state index contributed by atoms with van der Waals surface area (Å²) in [5.74, 6) is -0.959. The molecular weight excluding hydrogens is 497 g/mol. The number of anilines is 1. The Balaban J connectivity index is 1.47. The Labute approximate surface area is 217 Å². The number of carboxylic acid groups (broad SMARTS) is 1. The van der Waals surface area contributed by atoms with E-state index in [1.807, 2.05) is 6.07 Å². The van der Waals surface area contributed by atoms with Crippen LogP contribution in [0.4, 0.5) is 18.9 Å². The molecule has 0 bridgehead atoms. The van der Waals surface area contributed by atoms with Crippen LogP contribution < -0.4 is 10.1 Å². The number of hydrogen-bond donors (Lipinski definition) is 2. The quantitative estimate of drug-likeness (QED) is 0.270. The number of alkyl halides is 3. The average Bonchev–Trinajstić information content (AvgIpc) is 3.17. The molecule has 0 fully saturated rings. The highest BCUT2D eigenvalue weighted by atomic mass is 19.4. The third kappa shape index (κ3) is 5.88. The van der Waals surface area contributed by atoms with E-state index in [-0.39, 0.29) is 16.8 Å². The number of carbonyl (C=O) groups excluding carboxylic acids is 1. The lowest BCUT2D eigenvalue weighted by molar-refractivity contribution is -0.137. The van der Waals surface area contributed by atoms with Gasteiger partial charge in [-0.2, -0.15) is 13.2 Å². The van der Waals surface area contributed by atoms with Gasteiger partial charge in [0.1, 0.15) is 5.75 Å². The Hall–Kier alpha value is -4.53. The molecule has 0 saturated carbocycles. The van der Waals surface area contributed by atoms with Crippen LogP contribution in [0.15, 0.2) is 78.9 Å². The molecular formula is C29H25F3N2O4. The fourth-order valence-electron chi connectivity index (χ4n) is 4.28. The van der Waals surface area contributed by atoms with Crippen molar-refractivity contribution in [3.05, 3.63) is 113 Å². The number of aromatic carboxylic acids is 1. The summed E-state index contributed by atoms with van der Waals surface area (Å²) in [6.07, 6.45) is -4.05. The molecule has 1 aromatic heterocycles. The van der Waals surface area contributed by atoms with Crippen LogP contribution in [-0.2, 0) is 12.6 Å². The molecule has 1 amide bonds. The van der Waals surface area contributed by atoms with Crippen molar-refractivity contribution in [1.29, 1.82) is 0 Å². The van der Waals surface area contributed by atoms with E-state index in [0.717, 1.165) is 11.6 Å². The monoisotopic (exact) mass is 522 g/mol. The van der Waals surface area contributed by atoms with E-state index < -0.39 is 23.6 Å². The Morgan fingerprint density at radius 2 is 1.68 bits per heavy atom. The van der Waals surface area contributed by atoms with Gasteiger partial charge in [0, 0.05) is 29.6 Å². The van der Waals surface area contributed by atoms with Gasteiger partial charge in [0.2, 0.25) is 0 Å². The number of aryl methyl sites for hydroxylation is 1. The predicted octanol–water partition coefficient (Wildman–Crippen LogP) is 6.68.